The molecule has 1 rings (SSSR count). The zero-order valence-corrected chi connectivity index (χ0v) is 7.80. The summed E-state index contributed by atoms with van der Waals surface area (Å²) in [5.41, 5.74) is 0. The van der Waals surface area contributed by atoms with Crippen molar-refractivity contribution in [3.05, 3.63) is 0 Å². The number of hydrogen-bond donors (Lipinski definition) is 0. The lowest BCUT2D eigenvalue weighted by Crippen LogP contribution is -2.13. The molecule has 1 saturated heterocycles. The van der Waals surface area contributed by atoms with Crippen LogP contribution in [0.5, 0.6) is 0 Å². The summed E-state index contributed by atoms with van der Waals surface area (Å²) in [5, 5.41) is 8.34. The third kappa shape index (κ3) is 4.00. The Kier molecular flexibility index (Phi) is 5.87. The lowest BCUT2D eigenvalue weighted by molar-refractivity contribution is 0.396. The van der Waals surface area contributed by atoms with Crippen molar-refractivity contribution in [3.63, 3.8) is 0 Å². The molecule has 0 saturated carbocycles. The zero-order chi connectivity index (χ0) is 8.69. The van der Waals surface area contributed by atoms with Crippen molar-refractivity contribution in [2.24, 2.45) is 5.92 Å². The third-order valence-electron chi connectivity index (χ3n) is 1.87. The normalized spacial score (nSPS) is 23.6. The number of nitrogens with zero attached hydrogens (tertiary/aromatic N) is 2. The Morgan fingerprint density at radius 2 is 2.18 bits per heavy atom. The molecular weight excluding hydrogens is 136 g/mol. The molecule has 0 spiro atoms. The Balaban J connectivity index is 0.000000461. The van der Waals surface area contributed by atoms with Crippen LogP contribution < -0.4 is 0 Å². The van der Waals surface area contributed by atoms with Crippen molar-refractivity contribution in [3.8, 4) is 6.07 Å². The molecule has 0 aromatic heterocycles. The standard InChI is InChI=1S/C7H12N2.C2H6/c1-9-5-3-7(6-9)2-4-8;1-2/h7H,2-3,5-6H2,1H3;1-2H3. The molecule has 2 heteroatoms. The van der Waals surface area contributed by atoms with Gasteiger partial charge in [-0.1, -0.05) is 13.8 Å². The van der Waals surface area contributed by atoms with Gasteiger partial charge in [0.2, 0.25) is 0 Å². The highest BCUT2D eigenvalue weighted by atomic mass is 15.1. The van der Waals surface area contributed by atoms with E-state index in [2.05, 4.69) is 18.0 Å². The summed E-state index contributed by atoms with van der Waals surface area (Å²) >= 11 is 0. The molecule has 1 heterocycles. The van der Waals surface area contributed by atoms with E-state index in [-0.39, 0.29) is 0 Å². The number of rotatable bonds is 1. The largest absolute Gasteiger partial charge is 0.306 e. The van der Waals surface area contributed by atoms with E-state index in [0.717, 1.165) is 13.0 Å². The molecular formula is C9H18N2. The van der Waals surface area contributed by atoms with Gasteiger partial charge in [-0.3, -0.25) is 0 Å². The fourth-order valence-corrected chi connectivity index (χ4v) is 1.32. The van der Waals surface area contributed by atoms with E-state index < -0.39 is 0 Å². The third-order valence-corrected chi connectivity index (χ3v) is 1.87. The second-order valence-electron chi connectivity index (χ2n) is 2.78. The summed E-state index contributed by atoms with van der Waals surface area (Å²) in [7, 11) is 2.11. The molecule has 11 heavy (non-hydrogen) atoms. The summed E-state index contributed by atoms with van der Waals surface area (Å²) in [6.45, 7) is 6.29. The van der Waals surface area contributed by atoms with Crippen molar-refractivity contribution >= 4 is 0 Å². The summed E-state index contributed by atoms with van der Waals surface area (Å²) in [6, 6.07) is 2.20. The van der Waals surface area contributed by atoms with Crippen molar-refractivity contribution < 1.29 is 0 Å². The SMILES string of the molecule is CC.CN1CCC(CC#N)C1. The van der Waals surface area contributed by atoms with Crippen molar-refractivity contribution in [2.45, 2.75) is 26.7 Å². The molecule has 1 fully saturated rings. The minimum Gasteiger partial charge on any atom is -0.306 e. The predicted octanol–water partition coefficient (Wildman–Crippen LogP) is 1.88. The summed E-state index contributed by atoms with van der Waals surface area (Å²) in [6.07, 6.45) is 1.95. The Hall–Kier alpha value is -0.550. The van der Waals surface area contributed by atoms with Gasteiger partial charge in [-0.2, -0.15) is 5.26 Å². The fraction of sp³-hybridized carbons (Fsp3) is 0.889. The van der Waals surface area contributed by atoms with Crippen LogP contribution in [0.2, 0.25) is 0 Å². The summed E-state index contributed by atoms with van der Waals surface area (Å²) < 4.78 is 0. The average molecular weight is 154 g/mol. The van der Waals surface area contributed by atoms with E-state index in [0.29, 0.717) is 5.92 Å². The zero-order valence-electron chi connectivity index (χ0n) is 7.80. The Morgan fingerprint density at radius 3 is 2.55 bits per heavy atom. The van der Waals surface area contributed by atoms with Crippen LogP contribution in [0.3, 0.4) is 0 Å². The number of hydrogen-bond acceptors (Lipinski definition) is 2. The second kappa shape index (κ2) is 6.18. The molecule has 0 radical (unpaired) electrons. The van der Waals surface area contributed by atoms with Gasteiger partial charge in [0, 0.05) is 13.0 Å². The van der Waals surface area contributed by atoms with Crippen molar-refractivity contribution in [1.29, 1.82) is 5.26 Å². The highest BCUT2D eigenvalue weighted by molar-refractivity contribution is 4.81. The van der Waals surface area contributed by atoms with Crippen LogP contribution in [0.15, 0.2) is 0 Å². The smallest absolute Gasteiger partial charge is 0.0625 e. The van der Waals surface area contributed by atoms with Crippen LogP contribution >= 0.6 is 0 Å². The highest BCUT2D eigenvalue weighted by Crippen LogP contribution is 2.16. The monoisotopic (exact) mass is 154 g/mol. The maximum Gasteiger partial charge on any atom is 0.0625 e. The molecule has 1 atom stereocenters. The van der Waals surface area contributed by atoms with Crippen LogP contribution in [-0.4, -0.2) is 25.0 Å². The van der Waals surface area contributed by atoms with E-state index in [9.17, 15) is 0 Å². The molecule has 0 aliphatic carbocycles. The van der Waals surface area contributed by atoms with Gasteiger partial charge in [0.25, 0.3) is 0 Å². The Bertz CT molecular complexity index is 126. The van der Waals surface area contributed by atoms with E-state index in [4.69, 9.17) is 5.26 Å². The molecule has 1 aliphatic rings. The van der Waals surface area contributed by atoms with Crippen LogP contribution in [0.4, 0.5) is 0 Å². The molecule has 0 bridgehead atoms. The molecule has 0 amide bonds. The van der Waals surface area contributed by atoms with Gasteiger partial charge in [-0.25, -0.2) is 0 Å². The first-order valence-corrected chi connectivity index (χ1v) is 4.38. The van der Waals surface area contributed by atoms with E-state index in [1.807, 2.05) is 13.8 Å². The lowest BCUT2D eigenvalue weighted by Gasteiger charge is -2.04. The Labute approximate surface area is 69.8 Å². The first-order valence-electron chi connectivity index (χ1n) is 4.38. The minimum atomic E-state index is 0.653. The lowest BCUT2D eigenvalue weighted by atomic mass is 10.1. The van der Waals surface area contributed by atoms with Gasteiger partial charge in [-0.05, 0) is 25.9 Å². The number of likely N-dealkylation sites (tertiary alicyclic amines) is 1. The quantitative estimate of drug-likeness (QED) is 0.576. The van der Waals surface area contributed by atoms with Crippen LogP contribution in [0.25, 0.3) is 0 Å². The van der Waals surface area contributed by atoms with Crippen molar-refractivity contribution in [2.75, 3.05) is 20.1 Å². The van der Waals surface area contributed by atoms with Gasteiger partial charge in [0.1, 0.15) is 0 Å². The molecule has 2 nitrogen and oxygen atoms in total. The van der Waals surface area contributed by atoms with E-state index >= 15 is 0 Å². The van der Waals surface area contributed by atoms with Gasteiger partial charge >= 0.3 is 0 Å². The van der Waals surface area contributed by atoms with Crippen LogP contribution in [0, 0.1) is 17.2 Å². The highest BCUT2D eigenvalue weighted by Gasteiger charge is 2.18. The molecule has 0 aromatic carbocycles. The topological polar surface area (TPSA) is 27.0 Å². The van der Waals surface area contributed by atoms with Crippen LogP contribution in [0.1, 0.15) is 26.7 Å². The van der Waals surface area contributed by atoms with Crippen LogP contribution in [-0.2, 0) is 0 Å². The van der Waals surface area contributed by atoms with Gasteiger partial charge in [0.15, 0.2) is 0 Å². The molecule has 64 valence electrons. The van der Waals surface area contributed by atoms with Gasteiger partial charge in [0.05, 0.1) is 6.07 Å². The van der Waals surface area contributed by atoms with E-state index in [1.54, 1.807) is 0 Å². The second-order valence-corrected chi connectivity index (χ2v) is 2.78. The molecule has 0 aromatic rings. The predicted molar refractivity (Wildman–Crippen MR) is 47.2 cm³/mol. The first kappa shape index (κ1) is 10.4. The molecule has 1 unspecified atom stereocenters. The average Bonchev–Trinajstić information content (AvgIpc) is 2.41. The maximum absolute atomic E-state index is 8.34. The van der Waals surface area contributed by atoms with E-state index in [1.165, 1.54) is 13.0 Å². The van der Waals surface area contributed by atoms with Crippen molar-refractivity contribution in [1.82, 2.24) is 4.90 Å². The first-order chi connectivity index (χ1) is 5.33. The van der Waals surface area contributed by atoms with Gasteiger partial charge in [-0.15, -0.1) is 0 Å². The summed E-state index contributed by atoms with van der Waals surface area (Å²) in [5.74, 6) is 0.653. The van der Waals surface area contributed by atoms with Gasteiger partial charge < -0.3 is 4.90 Å². The Morgan fingerprint density at radius 1 is 1.55 bits per heavy atom. The summed E-state index contributed by atoms with van der Waals surface area (Å²) in [4.78, 5) is 2.28. The molecule has 0 N–H and O–H groups in total. The fourth-order valence-electron chi connectivity index (χ4n) is 1.32. The molecule has 1 aliphatic heterocycles. The maximum atomic E-state index is 8.34. The minimum absolute atomic E-state index is 0.653. The number of nitriles is 1.